The first-order chi connectivity index (χ1) is 12.4. The molecule has 0 bridgehead atoms. The number of amides is 1. The van der Waals surface area contributed by atoms with E-state index in [1.54, 1.807) is 19.1 Å². The van der Waals surface area contributed by atoms with Crippen LogP contribution in [0.4, 0.5) is 5.69 Å². The summed E-state index contributed by atoms with van der Waals surface area (Å²) in [4.78, 5) is 37.3. The lowest BCUT2D eigenvalue weighted by Crippen LogP contribution is -2.43. The topological polar surface area (TPSA) is 103 Å². The van der Waals surface area contributed by atoms with Gasteiger partial charge in [-0.3, -0.25) is 14.9 Å². The molecule has 1 aliphatic heterocycles. The summed E-state index contributed by atoms with van der Waals surface area (Å²) in [7, 11) is 1.26. The number of nitro benzene ring substituents is 1. The molecule has 0 aliphatic carbocycles. The van der Waals surface area contributed by atoms with Gasteiger partial charge in [0.25, 0.3) is 11.6 Å². The van der Waals surface area contributed by atoms with Crippen LogP contribution in [0.1, 0.15) is 27.1 Å². The molecule has 2 atom stereocenters. The van der Waals surface area contributed by atoms with Gasteiger partial charge < -0.3 is 14.1 Å². The fraction of sp³-hybridized carbons (Fsp3) is 0.294. The molecule has 0 spiro atoms. The third-order valence-corrected chi connectivity index (χ3v) is 5.43. The number of esters is 1. The predicted molar refractivity (Wildman–Crippen MR) is 93.7 cm³/mol. The Balaban J connectivity index is 2.01. The summed E-state index contributed by atoms with van der Waals surface area (Å²) in [6.07, 6.45) is 1.49. The smallest absolute Gasteiger partial charge is 0.329 e. The standard InChI is InChI=1S/C17H16N2O6S/c1-10-5-6-11(8-12(10)19(22)23)15(20)18-13(17(21)24-2)9-26-16(18)14-4-3-7-25-14/h3-8,13,16H,9H2,1-2H3. The van der Waals surface area contributed by atoms with E-state index in [2.05, 4.69) is 0 Å². The lowest BCUT2D eigenvalue weighted by Gasteiger charge is -2.27. The van der Waals surface area contributed by atoms with Gasteiger partial charge in [-0.25, -0.2) is 4.79 Å². The number of methoxy groups -OCH3 is 1. The van der Waals surface area contributed by atoms with Crippen LogP contribution in [0.3, 0.4) is 0 Å². The van der Waals surface area contributed by atoms with Crippen LogP contribution in [-0.4, -0.2) is 40.6 Å². The average Bonchev–Trinajstić information content (AvgIpc) is 3.29. The zero-order valence-electron chi connectivity index (χ0n) is 14.1. The van der Waals surface area contributed by atoms with Gasteiger partial charge in [0, 0.05) is 22.9 Å². The lowest BCUT2D eigenvalue weighted by molar-refractivity contribution is -0.385. The summed E-state index contributed by atoms with van der Waals surface area (Å²) in [6.45, 7) is 1.60. The molecule has 3 rings (SSSR count). The highest BCUT2D eigenvalue weighted by Gasteiger charge is 2.44. The van der Waals surface area contributed by atoms with Crippen LogP contribution in [-0.2, 0) is 9.53 Å². The summed E-state index contributed by atoms with van der Waals surface area (Å²) in [5, 5.41) is 10.7. The number of hydrogen-bond acceptors (Lipinski definition) is 7. The van der Waals surface area contributed by atoms with Crippen LogP contribution in [0, 0.1) is 17.0 Å². The summed E-state index contributed by atoms with van der Waals surface area (Å²) in [5.41, 5.74) is 0.441. The van der Waals surface area contributed by atoms with E-state index in [0.29, 0.717) is 17.1 Å². The zero-order valence-corrected chi connectivity index (χ0v) is 14.9. The highest BCUT2D eigenvalue weighted by atomic mass is 32.2. The molecule has 1 aliphatic rings. The number of furan rings is 1. The first-order valence-electron chi connectivity index (χ1n) is 7.74. The van der Waals surface area contributed by atoms with Gasteiger partial charge in [-0.1, -0.05) is 6.07 Å². The van der Waals surface area contributed by atoms with Crippen molar-refractivity contribution >= 4 is 29.3 Å². The highest BCUT2D eigenvalue weighted by Crippen LogP contribution is 2.42. The Morgan fingerprint density at radius 3 is 2.77 bits per heavy atom. The van der Waals surface area contributed by atoms with Gasteiger partial charge in [-0.2, -0.15) is 0 Å². The van der Waals surface area contributed by atoms with E-state index in [0.717, 1.165) is 0 Å². The molecule has 1 fully saturated rings. The summed E-state index contributed by atoms with van der Waals surface area (Å²) < 4.78 is 10.2. The van der Waals surface area contributed by atoms with E-state index in [1.807, 2.05) is 0 Å². The van der Waals surface area contributed by atoms with Gasteiger partial charge in [0.05, 0.1) is 18.3 Å². The number of carbonyl (C=O) groups is 2. The van der Waals surface area contributed by atoms with E-state index < -0.39 is 28.2 Å². The molecule has 8 nitrogen and oxygen atoms in total. The molecule has 2 unspecified atom stereocenters. The second-order valence-electron chi connectivity index (χ2n) is 5.71. The molecular weight excluding hydrogens is 360 g/mol. The van der Waals surface area contributed by atoms with Gasteiger partial charge in [0.2, 0.25) is 0 Å². The fourth-order valence-electron chi connectivity index (χ4n) is 2.81. The highest BCUT2D eigenvalue weighted by molar-refractivity contribution is 7.99. The van der Waals surface area contributed by atoms with Crippen LogP contribution in [0.5, 0.6) is 0 Å². The van der Waals surface area contributed by atoms with E-state index in [9.17, 15) is 19.7 Å². The number of rotatable bonds is 4. The van der Waals surface area contributed by atoms with Gasteiger partial charge >= 0.3 is 5.97 Å². The number of hydrogen-bond donors (Lipinski definition) is 0. The quantitative estimate of drug-likeness (QED) is 0.459. The minimum atomic E-state index is -0.798. The second-order valence-corrected chi connectivity index (χ2v) is 6.82. The van der Waals surface area contributed by atoms with Crippen molar-refractivity contribution in [3.63, 3.8) is 0 Å². The Bertz CT molecular complexity index is 851. The minimum Gasteiger partial charge on any atom is -0.467 e. The van der Waals surface area contributed by atoms with E-state index in [4.69, 9.17) is 9.15 Å². The molecule has 1 aromatic carbocycles. The number of aryl methyl sites for hydroxylation is 1. The fourth-order valence-corrected chi connectivity index (χ4v) is 4.17. The van der Waals surface area contributed by atoms with Crippen molar-refractivity contribution in [1.29, 1.82) is 0 Å². The SMILES string of the molecule is COC(=O)C1CSC(c2ccco2)N1C(=O)c1ccc(C)c([N+](=O)[O-])c1. The monoisotopic (exact) mass is 376 g/mol. The zero-order chi connectivity index (χ0) is 18.8. The van der Waals surface area contributed by atoms with Gasteiger partial charge in [0.15, 0.2) is 0 Å². The first kappa shape index (κ1) is 18.0. The molecule has 2 heterocycles. The van der Waals surface area contributed by atoms with Crippen molar-refractivity contribution in [2.24, 2.45) is 0 Å². The molecule has 1 saturated heterocycles. The van der Waals surface area contributed by atoms with Gasteiger partial charge in [0.1, 0.15) is 17.2 Å². The Hall–Kier alpha value is -2.81. The van der Waals surface area contributed by atoms with Crippen molar-refractivity contribution in [1.82, 2.24) is 4.90 Å². The Kier molecular flexibility index (Phi) is 4.99. The van der Waals surface area contributed by atoms with E-state index >= 15 is 0 Å². The number of thioether (sulfide) groups is 1. The van der Waals surface area contributed by atoms with Crippen LogP contribution >= 0.6 is 11.8 Å². The predicted octanol–water partition coefficient (Wildman–Crippen LogP) is 2.93. The Morgan fingerprint density at radius 1 is 1.38 bits per heavy atom. The number of nitro groups is 1. The number of carbonyl (C=O) groups excluding carboxylic acids is 2. The maximum atomic E-state index is 13.1. The largest absolute Gasteiger partial charge is 0.467 e. The normalized spacial score (nSPS) is 19.4. The van der Waals surface area contributed by atoms with E-state index in [1.165, 1.54) is 48.2 Å². The van der Waals surface area contributed by atoms with Crippen molar-refractivity contribution in [2.75, 3.05) is 12.9 Å². The van der Waals surface area contributed by atoms with Crippen LogP contribution < -0.4 is 0 Å². The molecular formula is C17H16N2O6S. The first-order valence-corrected chi connectivity index (χ1v) is 8.79. The van der Waals surface area contributed by atoms with Crippen molar-refractivity contribution in [3.05, 3.63) is 63.6 Å². The van der Waals surface area contributed by atoms with Gasteiger partial charge in [-0.05, 0) is 25.1 Å². The molecule has 0 N–H and O–H groups in total. The van der Waals surface area contributed by atoms with Crippen molar-refractivity contribution in [3.8, 4) is 0 Å². The molecule has 26 heavy (non-hydrogen) atoms. The van der Waals surface area contributed by atoms with Crippen molar-refractivity contribution in [2.45, 2.75) is 18.3 Å². The molecule has 1 aromatic heterocycles. The van der Waals surface area contributed by atoms with Crippen LogP contribution in [0.2, 0.25) is 0 Å². The minimum absolute atomic E-state index is 0.134. The summed E-state index contributed by atoms with van der Waals surface area (Å²) >= 11 is 1.37. The number of benzene rings is 1. The van der Waals surface area contributed by atoms with Crippen LogP contribution in [0.25, 0.3) is 0 Å². The van der Waals surface area contributed by atoms with Gasteiger partial charge in [-0.15, -0.1) is 11.8 Å². The summed E-state index contributed by atoms with van der Waals surface area (Å²) in [5.74, 6) is -0.162. The Labute approximate surface area is 153 Å². The number of nitrogens with zero attached hydrogens (tertiary/aromatic N) is 2. The molecule has 136 valence electrons. The average molecular weight is 376 g/mol. The molecule has 1 amide bonds. The third-order valence-electron chi connectivity index (χ3n) is 4.15. The molecule has 2 aromatic rings. The molecule has 9 heteroatoms. The van der Waals surface area contributed by atoms with Crippen molar-refractivity contribution < 1.29 is 23.7 Å². The lowest BCUT2D eigenvalue weighted by atomic mass is 10.1. The maximum Gasteiger partial charge on any atom is 0.329 e. The maximum absolute atomic E-state index is 13.1. The number of ether oxygens (including phenoxy) is 1. The third kappa shape index (κ3) is 3.17. The molecule has 0 saturated carbocycles. The summed E-state index contributed by atoms with van der Waals surface area (Å²) in [6, 6.07) is 6.88. The van der Waals surface area contributed by atoms with E-state index in [-0.39, 0.29) is 11.3 Å². The van der Waals surface area contributed by atoms with Crippen LogP contribution in [0.15, 0.2) is 41.0 Å². The second kappa shape index (κ2) is 7.20. The molecule has 0 radical (unpaired) electrons. The Morgan fingerprint density at radius 2 is 2.15 bits per heavy atom.